The molecule has 1 aromatic heterocycles. The maximum Gasteiger partial charge on any atom is 0.325 e. The highest BCUT2D eigenvalue weighted by Crippen LogP contribution is 2.28. The number of pyridine rings is 1. The molecule has 22 heavy (non-hydrogen) atoms. The first kappa shape index (κ1) is 15.9. The van der Waals surface area contributed by atoms with Crippen LogP contribution < -0.4 is 16.4 Å². The first-order valence-corrected chi connectivity index (χ1v) is 7.00. The summed E-state index contributed by atoms with van der Waals surface area (Å²) in [7, 11) is 0. The number of carbonyl (C=O) groups excluding carboxylic acids is 3. The van der Waals surface area contributed by atoms with Gasteiger partial charge in [0.15, 0.2) is 0 Å². The molecule has 0 spiro atoms. The molecule has 1 unspecified atom stereocenters. The summed E-state index contributed by atoms with van der Waals surface area (Å²) in [6.07, 6.45) is 3.17. The topological polar surface area (TPSA) is 117 Å². The average Bonchev–Trinajstić information content (AvgIpc) is 2.75. The molecule has 1 aliphatic heterocycles. The summed E-state index contributed by atoms with van der Waals surface area (Å²) >= 11 is 0. The summed E-state index contributed by atoms with van der Waals surface area (Å²) in [5.41, 5.74) is 4.74. The predicted molar refractivity (Wildman–Crippen MR) is 78.5 cm³/mol. The number of hydrogen-bond acceptors (Lipinski definition) is 5. The van der Waals surface area contributed by atoms with Crippen LogP contribution in [0.3, 0.4) is 0 Å². The van der Waals surface area contributed by atoms with Gasteiger partial charge in [0.05, 0.1) is 0 Å². The number of carbonyl (C=O) groups is 3. The minimum absolute atomic E-state index is 0.0247. The summed E-state index contributed by atoms with van der Waals surface area (Å²) in [5, 5.41) is 5.25. The van der Waals surface area contributed by atoms with Crippen molar-refractivity contribution in [1.82, 2.24) is 20.5 Å². The van der Waals surface area contributed by atoms with E-state index in [1.165, 1.54) is 6.20 Å². The van der Waals surface area contributed by atoms with Crippen LogP contribution in [-0.2, 0) is 15.1 Å². The maximum absolute atomic E-state index is 12.5. The van der Waals surface area contributed by atoms with Crippen molar-refractivity contribution in [2.45, 2.75) is 18.9 Å². The number of rotatable bonds is 6. The number of nitrogens with one attached hydrogen (secondary N) is 2. The summed E-state index contributed by atoms with van der Waals surface area (Å²) in [6.45, 7) is 2.36. The molecule has 1 saturated heterocycles. The number of amides is 4. The lowest BCUT2D eigenvalue weighted by molar-refractivity contribution is -0.131. The van der Waals surface area contributed by atoms with Gasteiger partial charge in [-0.15, -0.1) is 0 Å². The molecule has 1 fully saturated rings. The van der Waals surface area contributed by atoms with Gasteiger partial charge in [0.1, 0.15) is 5.54 Å². The molecule has 8 heteroatoms. The number of imide groups is 1. The molecule has 118 valence electrons. The van der Waals surface area contributed by atoms with Crippen LogP contribution in [0.15, 0.2) is 24.5 Å². The van der Waals surface area contributed by atoms with Crippen LogP contribution in [0, 0.1) is 0 Å². The quantitative estimate of drug-likeness (QED) is 0.602. The first-order valence-electron chi connectivity index (χ1n) is 7.00. The fraction of sp³-hybridized carbons (Fsp3) is 0.429. The Balaban J connectivity index is 2.05. The Morgan fingerprint density at radius 3 is 2.91 bits per heavy atom. The summed E-state index contributed by atoms with van der Waals surface area (Å²) in [4.78, 5) is 41.1. The van der Waals surface area contributed by atoms with Crippen LogP contribution in [0.5, 0.6) is 0 Å². The van der Waals surface area contributed by atoms with Gasteiger partial charge < -0.3 is 16.4 Å². The minimum atomic E-state index is -1.15. The van der Waals surface area contributed by atoms with Gasteiger partial charge in [-0.25, -0.2) is 4.79 Å². The van der Waals surface area contributed by atoms with E-state index in [0.717, 1.165) is 4.90 Å². The molecule has 2 heterocycles. The van der Waals surface area contributed by atoms with E-state index in [4.69, 9.17) is 5.73 Å². The van der Waals surface area contributed by atoms with Crippen LogP contribution in [0.2, 0.25) is 0 Å². The zero-order valence-corrected chi connectivity index (χ0v) is 12.3. The van der Waals surface area contributed by atoms with Crippen molar-refractivity contribution in [3.05, 3.63) is 30.1 Å². The highest BCUT2D eigenvalue weighted by molar-refractivity contribution is 6.07. The van der Waals surface area contributed by atoms with Crippen LogP contribution in [-0.4, -0.2) is 47.4 Å². The van der Waals surface area contributed by atoms with Crippen molar-refractivity contribution in [1.29, 1.82) is 0 Å². The Morgan fingerprint density at radius 1 is 1.50 bits per heavy atom. The third-order valence-corrected chi connectivity index (χ3v) is 3.54. The van der Waals surface area contributed by atoms with Crippen LogP contribution in [0.1, 0.15) is 18.9 Å². The summed E-state index contributed by atoms with van der Waals surface area (Å²) in [5.74, 6) is -0.641. The van der Waals surface area contributed by atoms with Gasteiger partial charge in [-0.2, -0.15) is 0 Å². The fourth-order valence-corrected chi connectivity index (χ4v) is 2.27. The normalized spacial score (nSPS) is 20.9. The summed E-state index contributed by atoms with van der Waals surface area (Å²) in [6, 6.07) is 2.91. The predicted octanol–water partition coefficient (Wildman–Crippen LogP) is -0.686. The van der Waals surface area contributed by atoms with Gasteiger partial charge in [0, 0.05) is 44.0 Å². The van der Waals surface area contributed by atoms with E-state index in [1.54, 1.807) is 25.3 Å². The SMILES string of the molecule is CC1(c2cccnc2)NC(=O)N(CCC(=O)NCCN)C1=O. The Hall–Kier alpha value is -2.48. The number of nitrogens with zero attached hydrogens (tertiary/aromatic N) is 2. The van der Waals surface area contributed by atoms with Crippen LogP contribution in [0.25, 0.3) is 0 Å². The monoisotopic (exact) mass is 305 g/mol. The molecule has 4 amide bonds. The Bertz CT molecular complexity index is 577. The van der Waals surface area contributed by atoms with Crippen molar-refractivity contribution in [2.75, 3.05) is 19.6 Å². The minimum Gasteiger partial charge on any atom is -0.355 e. The maximum atomic E-state index is 12.5. The molecule has 0 aromatic carbocycles. The van der Waals surface area contributed by atoms with E-state index in [1.807, 2.05) is 0 Å². The van der Waals surface area contributed by atoms with Gasteiger partial charge in [-0.3, -0.25) is 19.5 Å². The lowest BCUT2D eigenvalue weighted by Crippen LogP contribution is -2.41. The molecule has 1 aromatic rings. The zero-order chi connectivity index (χ0) is 16.2. The first-order chi connectivity index (χ1) is 10.5. The number of urea groups is 1. The number of nitrogens with two attached hydrogens (primary N) is 1. The van der Waals surface area contributed by atoms with E-state index >= 15 is 0 Å². The molecular formula is C14H19N5O3. The van der Waals surface area contributed by atoms with Crippen molar-refractivity contribution in [2.24, 2.45) is 5.73 Å². The van der Waals surface area contributed by atoms with E-state index in [0.29, 0.717) is 18.7 Å². The highest BCUT2D eigenvalue weighted by Gasteiger charge is 2.48. The van der Waals surface area contributed by atoms with Gasteiger partial charge >= 0.3 is 6.03 Å². The average molecular weight is 305 g/mol. The van der Waals surface area contributed by atoms with Crippen LogP contribution in [0.4, 0.5) is 4.79 Å². The third-order valence-electron chi connectivity index (χ3n) is 3.54. The lowest BCUT2D eigenvalue weighted by Gasteiger charge is -2.21. The van der Waals surface area contributed by atoms with E-state index in [9.17, 15) is 14.4 Å². The van der Waals surface area contributed by atoms with Crippen molar-refractivity contribution >= 4 is 17.8 Å². The Kier molecular flexibility index (Phi) is 4.71. The molecular weight excluding hydrogens is 286 g/mol. The van der Waals surface area contributed by atoms with Crippen molar-refractivity contribution in [3.8, 4) is 0 Å². The van der Waals surface area contributed by atoms with Crippen LogP contribution >= 0.6 is 0 Å². The molecule has 0 saturated carbocycles. The number of hydrogen-bond donors (Lipinski definition) is 3. The molecule has 2 rings (SSSR count). The molecule has 4 N–H and O–H groups in total. The smallest absolute Gasteiger partial charge is 0.325 e. The highest BCUT2D eigenvalue weighted by atomic mass is 16.2. The lowest BCUT2D eigenvalue weighted by atomic mass is 9.93. The standard InChI is InChI=1S/C14H19N5O3/c1-14(10-3-2-6-16-9-10)12(21)19(13(22)18-14)8-4-11(20)17-7-5-15/h2-3,6,9H,4-5,7-8,15H2,1H3,(H,17,20)(H,18,22). The second-order valence-corrected chi connectivity index (χ2v) is 5.14. The van der Waals surface area contributed by atoms with Gasteiger partial charge in [-0.1, -0.05) is 6.07 Å². The molecule has 1 aliphatic rings. The number of aromatic nitrogens is 1. The van der Waals surface area contributed by atoms with Crippen molar-refractivity contribution in [3.63, 3.8) is 0 Å². The van der Waals surface area contributed by atoms with E-state index in [-0.39, 0.29) is 18.9 Å². The second-order valence-electron chi connectivity index (χ2n) is 5.14. The van der Waals surface area contributed by atoms with E-state index < -0.39 is 17.5 Å². The van der Waals surface area contributed by atoms with E-state index in [2.05, 4.69) is 15.6 Å². The fourth-order valence-electron chi connectivity index (χ4n) is 2.27. The van der Waals surface area contributed by atoms with Crippen molar-refractivity contribution < 1.29 is 14.4 Å². The molecule has 1 atom stereocenters. The van der Waals surface area contributed by atoms with Gasteiger partial charge in [0.25, 0.3) is 5.91 Å². The largest absolute Gasteiger partial charge is 0.355 e. The molecule has 0 radical (unpaired) electrons. The second kappa shape index (κ2) is 6.52. The molecule has 8 nitrogen and oxygen atoms in total. The zero-order valence-electron chi connectivity index (χ0n) is 12.3. The molecule has 0 aliphatic carbocycles. The molecule has 0 bridgehead atoms. The Morgan fingerprint density at radius 2 is 2.27 bits per heavy atom. The third kappa shape index (κ3) is 3.06. The Labute approximate surface area is 128 Å². The van der Waals surface area contributed by atoms with Gasteiger partial charge in [-0.05, 0) is 13.0 Å². The van der Waals surface area contributed by atoms with Gasteiger partial charge in [0.2, 0.25) is 5.91 Å². The summed E-state index contributed by atoms with van der Waals surface area (Å²) < 4.78 is 0.